The van der Waals surface area contributed by atoms with Gasteiger partial charge in [-0.05, 0) is 18.3 Å². The first-order valence-electron chi connectivity index (χ1n) is 10.7. The van der Waals surface area contributed by atoms with Gasteiger partial charge in [0, 0.05) is 18.3 Å². The smallest absolute Gasteiger partial charge is 0.323 e. The largest absolute Gasteiger partial charge is 0.481 e. The number of ether oxygens (including phenoxy) is 1. The third kappa shape index (κ3) is 9.73. The molecule has 0 bridgehead atoms. The summed E-state index contributed by atoms with van der Waals surface area (Å²) in [6, 6.07) is -2.48. The van der Waals surface area contributed by atoms with E-state index in [4.69, 9.17) is 10.5 Å². The molecule has 5 atom stereocenters. The predicted molar refractivity (Wildman–Crippen MR) is 116 cm³/mol. The standard InChI is InChI=1S/C20H36N6O6/c1-5-12(4)18(21)20(31)32-16(8-17(27)28)14(6-11(2)3)24-26-25-15(19(29)30)7-13-9-22-10-23-13/h9-12,14-16,18,24-26H,5-8,21H2,1-4H3,(H,22,23)(H,27,28)(H,29,30)/t12-,14-,15-,16-,18-/m0/s1. The minimum Gasteiger partial charge on any atom is -0.481 e. The van der Waals surface area contributed by atoms with Gasteiger partial charge in [-0.1, -0.05) is 34.1 Å². The number of aromatic amines is 1. The summed E-state index contributed by atoms with van der Waals surface area (Å²) in [6.45, 7) is 7.59. The fourth-order valence-corrected chi connectivity index (χ4v) is 3.00. The second kappa shape index (κ2) is 13.8. The number of nitrogens with zero attached hydrogens (tertiary/aromatic N) is 1. The Kier molecular flexibility index (Phi) is 11.8. The number of hydrogen-bond acceptors (Lipinski definition) is 9. The molecule has 12 nitrogen and oxygen atoms in total. The maximum Gasteiger partial charge on any atom is 0.323 e. The Hall–Kier alpha value is -2.54. The number of carbonyl (C=O) groups excluding carboxylic acids is 1. The van der Waals surface area contributed by atoms with Crippen LogP contribution in [0.3, 0.4) is 0 Å². The number of hydrogen-bond donors (Lipinski definition) is 7. The van der Waals surface area contributed by atoms with Crippen LogP contribution in [0, 0.1) is 11.8 Å². The second-order valence-electron chi connectivity index (χ2n) is 8.31. The van der Waals surface area contributed by atoms with Gasteiger partial charge >= 0.3 is 17.9 Å². The number of aliphatic carboxylic acids is 2. The molecule has 1 aromatic heterocycles. The molecule has 8 N–H and O–H groups in total. The van der Waals surface area contributed by atoms with Crippen LogP contribution >= 0.6 is 0 Å². The van der Waals surface area contributed by atoms with Crippen LogP contribution in [0.2, 0.25) is 0 Å². The van der Waals surface area contributed by atoms with Crippen molar-refractivity contribution in [2.45, 2.75) is 77.6 Å². The van der Waals surface area contributed by atoms with E-state index in [-0.39, 0.29) is 18.3 Å². The average Bonchev–Trinajstić information content (AvgIpc) is 3.22. The van der Waals surface area contributed by atoms with Gasteiger partial charge < -0.3 is 25.7 Å². The monoisotopic (exact) mass is 456 g/mol. The van der Waals surface area contributed by atoms with E-state index in [0.29, 0.717) is 18.5 Å². The van der Waals surface area contributed by atoms with E-state index >= 15 is 0 Å². The van der Waals surface area contributed by atoms with E-state index in [1.54, 1.807) is 0 Å². The zero-order valence-corrected chi connectivity index (χ0v) is 19.0. The Labute approximate surface area is 187 Å². The van der Waals surface area contributed by atoms with Crippen molar-refractivity contribution in [3.05, 3.63) is 18.2 Å². The van der Waals surface area contributed by atoms with E-state index in [0.717, 1.165) is 0 Å². The highest BCUT2D eigenvalue weighted by Gasteiger charge is 2.32. The molecule has 0 aliphatic carbocycles. The molecule has 0 saturated heterocycles. The van der Waals surface area contributed by atoms with Crippen molar-refractivity contribution in [2.24, 2.45) is 17.6 Å². The minimum absolute atomic E-state index is 0.122. The van der Waals surface area contributed by atoms with Crippen LogP contribution in [0.4, 0.5) is 0 Å². The molecule has 1 heterocycles. The maximum atomic E-state index is 12.5. The summed E-state index contributed by atoms with van der Waals surface area (Å²) in [7, 11) is 0. The first-order chi connectivity index (χ1) is 15.0. The molecule has 32 heavy (non-hydrogen) atoms. The SMILES string of the molecule is CC[C@H](C)[C@H](N)C(=O)O[C@@H](CC(=O)O)[C@H](CC(C)C)NNN[C@@H](Cc1cnc[nH]1)C(=O)O. The highest BCUT2D eigenvalue weighted by molar-refractivity contribution is 5.77. The van der Waals surface area contributed by atoms with Gasteiger partial charge in [0.2, 0.25) is 0 Å². The molecule has 0 unspecified atom stereocenters. The topological polar surface area (TPSA) is 192 Å². The van der Waals surface area contributed by atoms with Crippen molar-refractivity contribution in [1.82, 2.24) is 26.4 Å². The molecule has 0 saturated carbocycles. The first kappa shape index (κ1) is 27.5. The van der Waals surface area contributed by atoms with E-state index in [2.05, 4.69) is 26.4 Å². The van der Waals surface area contributed by atoms with Gasteiger partial charge in [-0.2, -0.15) is 5.53 Å². The first-order valence-corrected chi connectivity index (χ1v) is 10.7. The summed E-state index contributed by atoms with van der Waals surface area (Å²) in [5.41, 5.74) is 14.7. The quantitative estimate of drug-likeness (QED) is 0.132. The Morgan fingerprint density at radius 3 is 2.41 bits per heavy atom. The lowest BCUT2D eigenvalue weighted by molar-refractivity contribution is -0.157. The van der Waals surface area contributed by atoms with Crippen LogP contribution in [-0.4, -0.2) is 62.3 Å². The fraction of sp³-hybridized carbons (Fsp3) is 0.700. The van der Waals surface area contributed by atoms with Crippen molar-refractivity contribution in [2.75, 3.05) is 0 Å². The Balaban J connectivity index is 2.85. The van der Waals surface area contributed by atoms with Crippen LogP contribution in [0.15, 0.2) is 12.5 Å². The van der Waals surface area contributed by atoms with Gasteiger partial charge in [0.25, 0.3) is 0 Å². The maximum absolute atomic E-state index is 12.5. The van der Waals surface area contributed by atoms with Crippen LogP contribution in [0.25, 0.3) is 0 Å². The zero-order chi connectivity index (χ0) is 24.3. The third-order valence-electron chi connectivity index (χ3n) is 5.13. The molecule has 0 aromatic carbocycles. The number of nitrogens with two attached hydrogens (primary N) is 1. The van der Waals surface area contributed by atoms with Crippen LogP contribution < -0.4 is 22.1 Å². The Bertz CT molecular complexity index is 713. The molecule has 0 radical (unpaired) electrons. The Morgan fingerprint density at radius 1 is 1.22 bits per heavy atom. The molecule has 0 fully saturated rings. The van der Waals surface area contributed by atoms with E-state index in [9.17, 15) is 24.6 Å². The number of aromatic nitrogens is 2. The molecule has 0 aliphatic heterocycles. The van der Waals surface area contributed by atoms with Crippen LogP contribution in [-0.2, 0) is 25.5 Å². The van der Waals surface area contributed by atoms with Crippen molar-refractivity contribution < 1.29 is 29.3 Å². The summed E-state index contributed by atoms with van der Waals surface area (Å²) in [5, 5.41) is 18.8. The summed E-state index contributed by atoms with van der Waals surface area (Å²) in [4.78, 5) is 42.1. The molecule has 12 heteroatoms. The second-order valence-corrected chi connectivity index (χ2v) is 8.31. The summed E-state index contributed by atoms with van der Waals surface area (Å²) < 4.78 is 5.49. The molecule has 1 rings (SSSR count). The normalized spacial score (nSPS) is 16.2. The van der Waals surface area contributed by atoms with Gasteiger partial charge in [0.05, 0.1) is 18.8 Å². The molecular formula is C20H36N6O6. The van der Waals surface area contributed by atoms with Crippen molar-refractivity contribution in [1.29, 1.82) is 0 Å². The number of hydrazine groups is 2. The number of esters is 1. The molecule has 1 aromatic rings. The number of imidazole rings is 1. The van der Waals surface area contributed by atoms with Crippen molar-refractivity contribution in [3.63, 3.8) is 0 Å². The lowest BCUT2D eigenvalue weighted by Crippen LogP contribution is -2.59. The number of carboxylic acids is 2. The van der Waals surface area contributed by atoms with Crippen LogP contribution in [0.5, 0.6) is 0 Å². The van der Waals surface area contributed by atoms with Crippen molar-refractivity contribution in [3.8, 4) is 0 Å². The highest BCUT2D eigenvalue weighted by Crippen LogP contribution is 2.16. The number of H-pyrrole nitrogens is 1. The summed E-state index contributed by atoms with van der Waals surface area (Å²) in [6.07, 6.45) is 2.80. The molecule has 0 aliphatic rings. The van der Waals surface area contributed by atoms with E-state index < -0.39 is 48.6 Å². The fourth-order valence-electron chi connectivity index (χ4n) is 3.00. The lowest BCUT2D eigenvalue weighted by Gasteiger charge is -2.30. The number of carbonyl (C=O) groups is 3. The highest BCUT2D eigenvalue weighted by atomic mass is 16.5. The molecule has 182 valence electrons. The van der Waals surface area contributed by atoms with Gasteiger partial charge in [-0.25, -0.2) is 15.8 Å². The van der Waals surface area contributed by atoms with E-state index in [1.807, 2.05) is 27.7 Å². The van der Waals surface area contributed by atoms with Crippen molar-refractivity contribution >= 4 is 17.9 Å². The summed E-state index contributed by atoms with van der Waals surface area (Å²) in [5.74, 6) is -2.89. The average molecular weight is 457 g/mol. The third-order valence-corrected chi connectivity index (χ3v) is 5.13. The zero-order valence-electron chi connectivity index (χ0n) is 19.0. The molecular weight excluding hydrogens is 420 g/mol. The van der Waals surface area contributed by atoms with Gasteiger partial charge in [-0.15, -0.1) is 0 Å². The summed E-state index contributed by atoms with van der Waals surface area (Å²) >= 11 is 0. The van der Waals surface area contributed by atoms with Gasteiger partial charge in [0.15, 0.2) is 0 Å². The Morgan fingerprint density at radius 2 is 1.91 bits per heavy atom. The predicted octanol–water partition coefficient (Wildman–Crippen LogP) is 0.179. The van der Waals surface area contributed by atoms with Crippen LogP contribution in [0.1, 0.15) is 52.7 Å². The number of rotatable bonds is 16. The van der Waals surface area contributed by atoms with E-state index in [1.165, 1.54) is 12.5 Å². The molecule has 0 spiro atoms. The molecule has 0 amide bonds. The number of nitrogens with one attached hydrogen (secondary N) is 4. The lowest BCUT2D eigenvalue weighted by atomic mass is 9.97. The minimum atomic E-state index is -1.13. The van der Waals surface area contributed by atoms with Gasteiger partial charge in [-0.3, -0.25) is 14.4 Å². The number of carboxylic acid groups (broad SMARTS) is 2. The van der Waals surface area contributed by atoms with Gasteiger partial charge in [0.1, 0.15) is 18.2 Å².